The van der Waals surface area contributed by atoms with E-state index in [0.717, 1.165) is 6.20 Å². The van der Waals surface area contributed by atoms with Crippen molar-refractivity contribution in [1.82, 2.24) is 4.57 Å². The predicted molar refractivity (Wildman–Crippen MR) is 85.4 cm³/mol. The smallest absolute Gasteiger partial charge is 0.465 e. The third kappa shape index (κ3) is 3.00. The van der Waals surface area contributed by atoms with Crippen molar-refractivity contribution in [3.05, 3.63) is 60.3 Å². The Morgan fingerprint density at radius 1 is 1.04 bits per heavy atom. The number of methoxy groups -OCH3 is 1. The average Bonchev–Trinajstić information content (AvgIpc) is 2.98. The molecule has 0 aliphatic rings. The molecule has 0 bridgehead atoms. The fourth-order valence-electron chi connectivity index (χ4n) is 2.62. The summed E-state index contributed by atoms with van der Waals surface area (Å²) in [5.41, 5.74) is 1.17. The number of carbonyl (C=O) groups excluding carboxylic acids is 2. The molecule has 0 radical (unpaired) electrons. The van der Waals surface area contributed by atoms with Gasteiger partial charge in [0.15, 0.2) is 0 Å². The van der Waals surface area contributed by atoms with Gasteiger partial charge in [0.2, 0.25) is 0 Å². The van der Waals surface area contributed by atoms with Gasteiger partial charge in [0.1, 0.15) is 0 Å². The van der Waals surface area contributed by atoms with Gasteiger partial charge in [-0.3, -0.25) is 9.36 Å². The number of hydrogen-bond acceptors (Lipinski definition) is 3. The maximum atomic E-state index is 12.9. The molecule has 0 aliphatic heterocycles. The first-order valence-electron chi connectivity index (χ1n) is 7.23. The zero-order chi connectivity index (χ0) is 18.2. The zero-order valence-corrected chi connectivity index (χ0v) is 13.0. The van der Waals surface area contributed by atoms with Crippen molar-refractivity contribution in [2.24, 2.45) is 0 Å². The van der Waals surface area contributed by atoms with Crippen LogP contribution in [0.1, 0.15) is 15.2 Å². The molecule has 0 saturated carbocycles. The van der Waals surface area contributed by atoms with Gasteiger partial charge in [0.05, 0.1) is 18.2 Å². The minimum absolute atomic E-state index is 0.0101. The Kier molecular flexibility index (Phi) is 4.08. The van der Waals surface area contributed by atoms with Crippen LogP contribution < -0.4 is 0 Å². The van der Waals surface area contributed by atoms with Crippen molar-refractivity contribution in [3.63, 3.8) is 0 Å². The maximum absolute atomic E-state index is 12.9. The van der Waals surface area contributed by atoms with Crippen LogP contribution in [-0.4, -0.2) is 29.7 Å². The van der Waals surface area contributed by atoms with Crippen molar-refractivity contribution in [3.8, 4) is 11.1 Å². The van der Waals surface area contributed by atoms with Gasteiger partial charge in [-0.05, 0) is 17.7 Å². The fraction of sp³-hybridized carbons (Fsp3) is 0.111. The number of aromatic nitrogens is 1. The summed E-state index contributed by atoms with van der Waals surface area (Å²) in [5.74, 6) is -2.72. The zero-order valence-electron chi connectivity index (χ0n) is 13.0. The minimum Gasteiger partial charge on any atom is -0.465 e. The Hall–Kier alpha value is -3.09. The fourth-order valence-corrected chi connectivity index (χ4v) is 2.62. The summed E-state index contributed by atoms with van der Waals surface area (Å²) >= 11 is 0. The van der Waals surface area contributed by atoms with Crippen molar-refractivity contribution in [2.75, 3.05) is 7.11 Å². The molecule has 3 aromatic rings. The number of alkyl halides is 3. The van der Waals surface area contributed by atoms with Crippen LogP contribution in [0.2, 0.25) is 0 Å². The first-order chi connectivity index (χ1) is 11.8. The molecule has 25 heavy (non-hydrogen) atoms. The van der Waals surface area contributed by atoms with Crippen LogP contribution in [-0.2, 0) is 4.74 Å². The summed E-state index contributed by atoms with van der Waals surface area (Å²) in [4.78, 5) is 23.5. The molecule has 4 nitrogen and oxygen atoms in total. The Bertz CT molecular complexity index is 959. The molecule has 0 aliphatic carbocycles. The maximum Gasteiger partial charge on any atom is 0.472 e. The van der Waals surface area contributed by atoms with Crippen LogP contribution in [0.15, 0.2) is 54.7 Å². The van der Waals surface area contributed by atoms with Gasteiger partial charge in [0, 0.05) is 17.1 Å². The van der Waals surface area contributed by atoms with Crippen molar-refractivity contribution in [1.29, 1.82) is 0 Å². The summed E-state index contributed by atoms with van der Waals surface area (Å²) in [5, 5.41) is 0.427. The number of nitrogens with zero attached hydrogens (tertiary/aromatic N) is 1. The van der Waals surface area contributed by atoms with Gasteiger partial charge in [0.25, 0.3) is 0 Å². The molecule has 7 heteroatoms. The van der Waals surface area contributed by atoms with Gasteiger partial charge in [-0.25, -0.2) is 4.79 Å². The number of hydrogen-bond donors (Lipinski definition) is 0. The van der Waals surface area contributed by atoms with Crippen LogP contribution in [0.3, 0.4) is 0 Å². The molecule has 128 valence electrons. The van der Waals surface area contributed by atoms with Crippen LogP contribution in [0.4, 0.5) is 13.2 Å². The molecule has 0 N–H and O–H groups in total. The van der Waals surface area contributed by atoms with Crippen LogP contribution in [0, 0.1) is 0 Å². The topological polar surface area (TPSA) is 48.3 Å². The van der Waals surface area contributed by atoms with E-state index in [1.54, 1.807) is 30.3 Å². The second kappa shape index (κ2) is 6.08. The highest BCUT2D eigenvalue weighted by molar-refractivity contribution is 6.05. The third-order valence-electron chi connectivity index (χ3n) is 3.77. The molecule has 0 saturated heterocycles. The van der Waals surface area contributed by atoms with E-state index in [2.05, 4.69) is 4.74 Å². The van der Waals surface area contributed by atoms with E-state index in [4.69, 9.17) is 0 Å². The van der Waals surface area contributed by atoms with Crippen molar-refractivity contribution >= 4 is 22.8 Å². The summed E-state index contributed by atoms with van der Waals surface area (Å²) < 4.78 is 43.9. The van der Waals surface area contributed by atoms with E-state index in [1.165, 1.54) is 25.3 Å². The van der Waals surface area contributed by atoms with Gasteiger partial charge < -0.3 is 4.74 Å². The first kappa shape index (κ1) is 16.8. The average molecular weight is 347 g/mol. The molecule has 3 rings (SSSR count). The van der Waals surface area contributed by atoms with E-state index in [1.807, 2.05) is 0 Å². The number of rotatable bonds is 2. The standard InChI is InChI=1S/C18H12F3NO3/c1-25-16(23)12-7-8-13-14(11-5-3-2-4-6-11)10-22(15(13)9-12)17(24)18(19,20)21/h2-10H,1H3. The molecule has 0 fully saturated rings. The number of benzene rings is 2. The highest BCUT2D eigenvalue weighted by atomic mass is 19.4. The number of ether oxygens (including phenoxy) is 1. The highest BCUT2D eigenvalue weighted by Gasteiger charge is 2.41. The Balaban J connectivity index is 2.29. The van der Waals surface area contributed by atoms with E-state index >= 15 is 0 Å². The molecule has 0 atom stereocenters. The molecule has 1 aromatic heterocycles. The Morgan fingerprint density at radius 3 is 2.32 bits per heavy atom. The second-order valence-electron chi connectivity index (χ2n) is 5.31. The van der Waals surface area contributed by atoms with Gasteiger partial charge in [-0.15, -0.1) is 0 Å². The number of halogens is 3. The Labute approximate surface area is 140 Å². The molecule has 1 heterocycles. The SMILES string of the molecule is COC(=O)c1ccc2c(-c3ccccc3)cn(C(=O)C(F)(F)F)c2c1. The summed E-state index contributed by atoms with van der Waals surface area (Å²) in [6, 6.07) is 12.9. The summed E-state index contributed by atoms with van der Waals surface area (Å²) in [6.45, 7) is 0. The number of carbonyl (C=O) groups is 2. The van der Waals surface area contributed by atoms with Crippen LogP contribution in [0.5, 0.6) is 0 Å². The van der Waals surface area contributed by atoms with Crippen LogP contribution in [0.25, 0.3) is 22.0 Å². The first-order valence-corrected chi connectivity index (χ1v) is 7.23. The lowest BCUT2D eigenvalue weighted by atomic mass is 10.0. The van der Waals surface area contributed by atoms with Crippen molar-refractivity contribution < 1.29 is 27.5 Å². The molecule has 2 aromatic carbocycles. The van der Waals surface area contributed by atoms with Gasteiger partial charge in [-0.2, -0.15) is 13.2 Å². The lowest BCUT2D eigenvalue weighted by molar-refractivity contribution is -0.0942. The molecule has 0 spiro atoms. The van der Waals surface area contributed by atoms with Crippen LogP contribution >= 0.6 is 0 Å². The number of fused-ring (bicyclic) bond motifs is 1. The van der Waals surface area contributed by atoms with E-state index in [0.29, 0.717) is 21.1 Å². The lowest BCUT2D eigenvalue weighted by Crippen LogP contribution is -2.28. The quantitative estimate of drug-likeness (QED) is 0.650. The largest absolute Gasteiger partial charge is 0.472 e. The minimum atomic E-state index is -5.04. The van der Waals surface area contributed by atoms with E-state index in [9.17, 15) is 22.8 Å². The third-order valence-corrected chi connectivity index (χ3v) is 3.77. The monoisotopic (exact) mass is 347 g/mol. The second-order valence-corrected chi connectivity index (χ2v) is 5.31. The van der Waals surface area contributed by atoms with E-state index < -0.39 is 18.1 Å². The molecule has 0 amide bonds. The molecular formula is C18H12F3NO3. The predicted octanol–water partition coefficient (Wildman–Crippen LogP) is 4.30. The number of esters is 1. The summed E-state index contributed by atoms with van der Waals surface area (Å²) in [7, 11) is 1.17. The molecular weight excluding hydrogens is 335 g/mol. The normalized spacial score (nSPS) is 11.5. The summed E-state index contributed by atoms with van der Waals surface area (Å²) in [6.07, 6.45) is -3.90. The highest BCUT2D eigenvalue weighted by Crippen LogP contribution is 2.33. The Morgan fingerprint density at radius 2 is 1.72 bits per heavy atom. The van der Waals surface area contributed by atoms with Gasteiger partial charge >= 0.3 is 18.1 Å². The van der Waals surface area contributed by atoms with E-state index in [-0.39, 0.29) is 11.1 Å². The van der Waals surface area contributed by atoms with Crippen molar-refractivity contribution in [2.45, 2.75) is 6.18 Å². The lowest BCUT2D eigenvalue weighted by Gasteiger charge is -2.07. The van der Waals surface area contributed by atoms with Gasteiger partial charge in [-0.1, -0.05) is 36.4 Å². The molecule has 0 unspecified atom stereocenters.